The summed E-state index contributed by atoms with van der Waals surface area (Å²) in [6.45, 7) is 6.33. The van der Waals surface area contributed by atoms with Gasteiger partial charge in [-0.25, -0.2) is 4.68 Å². The van der Waals surface area contributed by atoms with E-state index < -0.39 is 0 Å². The van der Waals surface area contributed by atoms with Gasteiger partial charge in [-0.05, 0) is 42.0 Å². The van der Waals surface area contributed by atoms with E-state index in [4.69, 9.17) is 16.7 Å². The van der Waals surface area contributed by atoms with Crippen LogP contribution in [-0.2, 0) is 4.79 Å². The third-order valence-corrected chi connectivity index (χ3v) is 6.25. The van der Waals surface area contributed by atoms with Crippen molar-refractivity contribution in [2.24, 2.45) is 5.41 Å². The van der Waals surface area contributed by atoms with Gasteiger partial charge in [0.1, 0.15) is 11.9 Å². The fourth-order valence-electron chi connectivity index (χ4n) is 4.82. The molecule has 0 amide bonds. The van der Waals surface area contributed by atoms with Crippen molar-refractivity contribution in [3.8, 4) is 11.1 Å². The fraction of sp³-hybridized carbons (Fsp3) is 0.280. The van der Waals surface area contributed by atoms with Gasteiger partial charge in [0.25, 0.3) is 0 Å². The summed E-state index contributed by atoms with van der Waals surface area (Å²) in [6, 6.07) is 17.8. The molecule has 1 aliphatic heterocycles. The number of allylic oxidation sites excluding steroid dienone is 2. The molecular formula is C25H24ClN3O. The van der Waals surface area contributed by atoms with Gasteiger partial charge in [-0.3, -0.25) is 4.79 Å². The van der Waals surface area contributed by atoms with Crippen molar-refractivity contribution in [1.29, 1.82) is 0 Å². The first-order valence-electron chi connectivity index (χ1n) is 10.3. The molecule has 5 rings (SSSR count). The molecule has 5 heteroatoms. The number of aryl methyl sites for hydroxylation is 1. The highest BCUT2D eigenvalue weighted by atomic mass is 35.5. The number of anilines is 1. The Balaban J connectivity index is 1.76. The van der Waals surface area contributed by atoms with Gasteiger partial charge in [0.15, 0.2) is 5.78 Å². The lowest BCUT2D eigenvalue weighted by atomic mass is 9.73. The molecule has 0 fully saturated rings. The Morgan fingerprint density at radius 3 is 2.60 bits per heavy atom. The predicted octanol–water partition coefficient (Wildman–Crippen LogP) is 6.17. The number of rotatable bonds is 2. The van der Waals surface area contributed by atoms with E-state index in [1.54, 1.807) is 0 Å². The first-order valence-corrected chi connectivity index (χ1v) is 10.7. The van der Waals surface area contributed by atoms with Crippen molar-refractivity contribution in [1.82, 2.24) is 9.78 Å². The van der Waals surface area contributed by atoms with Crippen LogP contribution in [0.4, 0.5) is 5.82 Å². The molecule has 1 aliphatic carbocycles. The molecule has 0 radical (unpaired) electrons. The van der Waals surface area contributed by atoms with Crippen LogP contribution in [0.25, 0.3) is 11.1 Å². The number of aromatic nitrogens is 2. The van der Waals surface area contributed by atoms with Crippen LogP contribution in [0.5, 0.6) is 0 Å². The van der Waals surface area contributed by atoms with E-state index in [9.17, 15) is 4.79 Å². The maximum Gasteiger partial charge on any atom is 0.163 e. The van der Waals surface area contributed by atoms with Gasteiger partial charge in [0.2, 0.25) is 0 Å². The highest BCUT2D eigenvalue weighted by Crippen LogP contribution is 2.48. The zero-order valence-electron chi connectivity index (χ0n) is 17.4. The van der Waals surface area contributed by atoms with Gasteiger partial charge in [-0.15, -0.1) is 0 Å². The van der Waals surface area contributed by atoms with Crippen LogP contribution >= 0.6 is 11.6 Å². The molecule has 0 saturated heterocycles. The van der Waals surface area contributed by atoms with E-state index in [0.29, 0.717) is 11.4 Å². The molecule has 2 aromatic carbocycles. The lowest BCUT2D eigenvalue weighted by molar-refractivity contribution is -0.118. The molecule has 1 unspecified atom stereocenters. The van der Waals surface area contributed by atoms with Crippen molar-refractivity contribution in [2.45, 2.75) is 39.7 Å². The number of carbonyl (C=O) groups excluding carboxylic acids is 1. The molecular weight excluding hydrogens is 394 g/mol. The molecule has 2 aliphatic rings. The molecule has 0 saturated carbocycles. The molecule has 4 nitrogen and oxygen atoms in total. The van der Waals surface area contributed by atoms with E-state index in [2.05, 4.69) is 31.3 Å². The summed E-state index contributed by atoms with van der Waals surface area (Å²) in [6.07, 6.45) is 1.36. The summed E-state index contributed by atoms with van der Waals surface area (Å²) < 4.78 is 1.97. The Labute approximate surface area is 181 Å². The lowest BCUT2D eigenvalue weighted by Crippen LogP contribution is -2.36. The van der Waals surface area contributed by atoms with E-state index in [1.807, 2.05) is 54.1 Å². The van der Waals surface area contributed by atoms with Crippen LogP contribution in [0, 0.1) is 12.3 Å². The van der Waals surface area contributed by atoms with Gasteiger partial charge in [-0.2, -0.15) is 5.10 Å². The first kappa shape index (κ1) is 19.1. The number of nitrogens with zero attached hydrogens (tertiary/aromatic N) is 2. The summed E-state index contributed by atoms with van der Waals surface area (Å²) in [4.78, 5) is 13.3. The van der Waals surface area contributed by atoms with E-state index >= 15 is 0 Å². The highest BCUT2D eigenvalue weighted by Gasteiger charge is 2.42. The molecule has 152 valence electrons. The molecule has 1 N–H and O–H groups in total. The Hall–Kier alpha value is -2.85. The van der Waals surface area contributed by atoms with Gasteiger partial charge in [0, 0.05) is 28.3 Å². The lowest BCUT2D eigenvalue weighted by Gasteiger charge is -2.39. The SMILES string of the molecule is Cc1nn2c(c1-c1ccccc1)NC1=C(C(=O)CC(C)(C)C1)C2c1cccc(Cl)c1. The zero-order valence-corrected chi connectivity index (χ0v) is 18.1. The summed E-state index contributed by atoms with van der Waals surface area (Å²) in [5.74, 6) is 1.12. The van der Waals surface area contributed by atoms with Crippen molar-refractivity contribution < 1.29 is 4.79 Å². The van der Waals surface area contributed by atoms with Gasteiger partial charge >= 0.3 is 0 Å². The average molecular weight is 418 g/mol. The maximum absolute atomic E-state index is 13.3. The summed E-state index contributed by atoms with van der Waals surface area (Å²) in [7, 11) is 0. The number of hydrogen-bond donors (Lipinski definition) is 1. The second-order valence-electron chi connectivity index (χ2n) is 9.04. The largest absolute Gasteiger partial charge is 0.343 e. The van der Waals surface area contributed by atoms with Crippen molar-refractivity contribution in [3.63, 3.8) is 0 Å². The molecule has 2 heterocycles. The van der Waals surface area contributed by atoms with Crippen molar-refractivity contribution >= 4 is 23.2 Å². The third kappa shape index (κ3) is 3.07. The van der Waals surface area contributed by atoms with Crippen LogP contribution in [0.15, 0.2) is 65.9 Å². The standard InChI is InChI=1S/C25H24ClN3O/c1-15-21(16-8-5-4-6-9-16)24-27-19-13-25(2,3)14-20(30)22(19)23(29(24)28-15)17-10-7-11-18(26)12-17/h4-12,23,27H,13-14H2,1-3H3. The minimum atomic E-state index is -0.283. The second-order valence-corrected chi connectivity index (χ2v) is 9.47. The van der Waals surface area contributed by atoms with Crippen molar-refractivity contribution in [3.05, 3.63) is 82.1 Å². The topological polar surface area (TPSA) is 46.9 Å². The summed E-state index contributed by atoms with van der Waals surface area (Å²) in [5.41, 5.74) is 5.84. The van der Waals surface area contributed by atoms with Crippen LogP contribution in [0.3, 0.4) is 0 Å². The Morgan fingerprint density at radius 1 is 1.10 bits per heavy atom. The monoisotopic (exact) mass is 417 g/mol. The smallest absolute Gasteiger partial charge is 0.163 e. The van der Waals surface area contributed by atoms with Crippen LogP contribution < -0.4 is 5.32 Å². The summed E-state index contributed by atoms with van der Waals surface area (Å²) >= 11 is 6.33. The zero-order chi connectivity index (χ0) is 21.0. The summed E-state index contributed by atoms with van der Waals surface area (Å²) in [5, 5.41) is 9.17. The Bertz CT molecular complexity index is 1190. The van der Waals surface area contributed by atoms with E-state index in [1.165, 1.54) is 0 Å². The minimum absolute atomic E-state index is 0.0774. The number of benzene rings is 2. The predicted molar refractivity (Wildman–Crippen MR) is 121 cm³/mol. The third-order valence-electron chi connectivity index (χ3n) is 6.02. The Kier molecular flexibility index (Phi) is 4.37. The van der Waals surface area contributed by atoms with Crippen LogP contribution in [0.2, 0.25) is 5.02 Å². The molecule has 0 spiro atoms. The minimum Gasteiger partial charge on any atom is -0.343 e. The number of ketones is 1. The van der Waals surface area contributed by atoms with Crippen LogP contribution in [-0.4, -0.2) is 15.6 Å². The number of halogens is 1. The van der Waals surface area contributed by atoms with Gasteiger partial charge in [0.05, 0.1) is 5.69 Å². The number of fused-ring (bicyclic) bond motifs is 1. The molecule has 30 heavy (non-hydrogen) atoms. The van der Waals surface area contributed by atoms with Gasteiger partial charge in [-0.1, -0.05) is 67.9 Å². The fourth-order valence-corrected chi connectivity index (χ4v) is 5.02. The normalized spacial score (nSPS) is 19.9. The van der Waals surface area contributed by atoms with Crippen LogP contribution in [0.1, 0.15) is 44.0 Å². The molecule has 1 aromatic heterocycles. The number of carbonyl (C=O) groups is 1. The van der Waals surface area contributed by atoms with Crippen molar-refractivity contribution in [2.75, 3.05) is 5.32 Å². The first-order chi connectivity index (χ1) is 14.3. The van der Waals surface area contributed by atoms with Gasteiger partial charge < -0.3 is 5.32 Å². The highest BCUT2D eigenvalue weighted by molar-refractivity contribution is 6.30. The number of nitrogens with one attached hydrogen (secondary N) is 1. The molecule has 0 bridgehead atoms. The quantitative estimate of drug-likeness (QED) is 0.542. The molecule has 3 aromatic rings. The maximum atomic E-state index is 13.3. The number of Topliss-reactive ketones (excluding diaryl/α,β-unsaturated/α-hetero) is 1. The van der Waals surface area contributed by atoms with E-state index in [0.717, 1.165) is 45.9 Å². The number of hydrogen-bond acceptors (Lipinski definition) is 3. The second kappa shape index (κ2) is 6.85. The molecule has 1 atom stereocenters. The average Bonchev–Trinajstić information content (AvgIpc) is 3.01. The van der Waals surface area contributed by atoms with E-state index in [-0.39, 0.29) is 17.2 Å². The Morgan fingerprint density at radius 2 is 1.87 bits per heavy atom.